The first kappa shape index (κ1) is 14.8. The van der Waals surface area contributed by atoms with Gasteiger partial charge in [-0.25, -0.2) is 0 Å². The molecule has 0 saturated carbocycles. The standard InChI is InChI=1S/C10H11N3O2.C4H8/c14-9-5-8(6-10(15)7-9)1-3-13-4-2-11-12-13;1-3-4-2/h2,4-7,14-15H,1,3H2;3H,1,4H2,2H3. The van der Waals surface area contributed by atoms with Crippen LogP contribution in [0.1, 0.15) is 18.9 Å². The lowest BCUT2D eigenvalue weighted by molar-refractivity contribution is 0.448. The number of phenols is 2. The number of hydrogen-bond donors (Lipinski definition) is 2. The Kier molecular flexibility index (Phi) is 6.15. The van der Waals surface area contributed by atoms with Crippen LogP contribution < -0.4 is 0 Å². The van der Waals surface area contributed by atoms with E-state index in [9.17, 15) is 10.2 Å². The van der Waals surface area contributed by atoms with Crippen molar-refractivity contribution in [2.45, 2.75) is 26.3 Å². The van der Waals surface area contributed by atoms with Crippen LogP contribution in [0.25, 0.3) is 0 Å². The summed E-state index contributed by atoms with van der Waals surface area (Å²) >= 11 is 0. The molecule has 0 amide bonds. The Morgan fingerprint density at radius 2 is 1.89 bits per heavy atom. The number of hydrogen-bond acceptors (Lipinski definition) is 4. The molecule has 2 rings (SSSR count). The van der Waals surface area contributed by atoms with Crippen LogP contribution in [0.15, 0.2) is 43.2 Å². The Labute approximate surface area is 112 Å². The molecule has 0 fully saturated rings. The van der Waals surface area contributed by atoms with Crippen molar-refractivity contribution in [3.8, 4) is 11.5 Å². The number of benzene rings is 1. The first-order chi connectivity index (χ1) is 9.15. The summed E-state index contributed by atoms with van der Waals surface area (Å²) in [6.07, 6.45) is 7.02. The van der Waals surface area contributed by atoms with Crippen LogP contribution in [-0.4, -0.2) is 25.2 Å². The minimum atomic E-state index is 0.0728. The quantitative estimate of drug-likeness (QED) is 0.830. The zero-order valence-corrected chi connectivity index (χ0v) is 11.0. The van der Waals surface area contributed by atoms with Crippen molar-refractivity contribution >= 4 is 0 Å². The van der Waals surface area contributed by atoms with Crippen molar-refractivity contribution in [2.75, 3.05) is 0 Å². The van der Waals surface area contributed by atoms with Gasteiger partial charge < -0.3 is 10.2 Å². The zero-order valence-electron chi connectivity index (χ0n) is 11.0. The summed E-state index contributed by atoms with van der Waals surface area (Å²) in [5, 5.41) is 26.0. The maximum atomic E-state index is 9.26. The summed E-state index contributed by atoms with van der Waals surface area (Å²) in [7, 11) is 0. The molecule has 5 nitrogen and oxygen atoms in total. The lowest BCUT2D eigenvalue weighted by Crippen LogP contribution is -2.01. The third-order valence-electron chi connectivity index (χ3n) is 2.35. The topological polar surface area (TPSA) is 71.2 Å². The van der Waals surface area contributed by atoms with E-state index in [2.05, 4.69) is 23.8 Å². The lowest BCUT2D eigenvalue weighted by atomic mass is 10.1. The smallest absolute Gasteiger partial charge is 0.119 e. The highest BCUT2D eigenvalue weighted by Crippen LogP contribution is 2.20. The third-order valence-corrected chi connectivity index (χ3v) is 2.35. The molecule has 0 saturated heterocycles. The van der Waals surface area contributed by atoms with Gasteiger partial charge in [-0.3, -0.25) is 4.68 Å². The SMILES string of the molecule is C=CCC.Oc1cc(O)cc(CCn2ccnn2)c1. The van der Waals surface area contributed by atoms with Crippen LogP contribution in [-0.2, 0) is 13.0 Å². The molecule has 1 aromatic heterocycles. The second-order valence-corrected chi connectivity index (χ2v) is 3.97. The van der Waals surface area contributed by atoms with Crippen molar-refractivity contribution in [3.05, 3.63) is 48.8 Å². The van der Waals surface area contributed by atoms with E-state index in [4.69, 9.17) is 0 Å². The Morgan fingerprint density at radius 1 is 1.26 bits per heavy atom. The summed E-state index contributed by atoms with van der Waals surface area (Å²) in [6, 6.07) is 4.55. The number of aromatic hydroxyl groups is 2. The molecule has 0 aliphatic carbocycles. The van der Waals surface area contributed by atoms with E-state index in [1.54, 1.807) is 29.2 Å². The molecule has 0 aliphatic rings. The van der Waals surface area contributed by atoms with E-state index in [1.807, 2.05) is 6.08 Å². The van der Waals surface area contributed by atoms with Crippen molar-refractivity contribution in [1.82, 2.24) is 15.0 Å². The summed E-state index contributed by atoms with van der Waals surface area (Å²) in [5.41, 5.74) is 0.864. The van der Waals surface area contributed by atoms with Crippen LogP contribution in [0.5, 0.6) is 11.5 Å². The van der Waals surface area contributed by atoms with E-state index >= 15 is 0 Å². The highest BCUT2D eigenvalue weighted by atomic mass is 16.3. The van der Waals surface area contributed by atoms with Gasteiger partial charge in [0.15, 0.2) is 0 Å². The first-order valence-corrected chi connectivity index (χ1v) is 6.12. The van der Waals surface area contributed by atoms with Crippen LogP contribution in [0, 0.1) is 0 Å². The lowest BCUT2D eigenvalue weighted by Gasteiger charge is -2.03. The number of aromatic nitrogens is 3. The molecule has 0 aliphatic heterocycles. The highest BCUT2D eigenvalue weighted by molar-refractivity contribution is 5.36. The fourth-order valence-corrected chi connectivity index (χ4v) is 1.40. The minimum Gasteiger partial charge on any atom is -0.508 e. The average molecular weight is 261 g/mol. The van der Waals surface area contributed by atoms with Crippen LogP contribution >= 0.6 is 0 Å². The van der Waals surface area contributed by atoms with E-state index in [0.29, 0.717) is 13.0 Å². The van der Waals surface area contributed by atoms with Gasteiger partial charge in [-0.1, -0.05) is 18.2 Å². The Bertz CT molecular complexity index is 475. The molecule has 102 valence electrons. The summed E-state index contributed by atoms with van der Waals surface area (Å²) < 4.78 is 1.70. The van der Waals surface area contributed by atoms with Gasteiger partial charge in [0.25, 0.3) is 0 Å². The number of allylic oxidation sites excluding steroid dienone is 1. The maximum absolute atomic E-state index is 9.26. The van der Waals surface area contributed by atoms with E-state index < -0.39 is 0 Å². The Balaban J connectivity index is 0.000000399. The van der Waals surface area contributed by atoms with Crippen LogP contribution in [0.2, 0.25) is 0 Å². The Hall–Kier alpha value is -2.30. The second-order valence-electron chi connectivity index (χ2n) is 3.97. The summed E-state index contributed by atoms with van der Waals surface area (Å²) in [5.74, 6) is 0.146. The third kappa shape index (κ3) is 5.72. The molecule has 1 heterocycles. The van der Waals surface area contributed by atoms with Crippen molar-refractivity contribution < 1.29 is 10.2 Å². The van der Waals surface area contributed by atoms with Crippen molar-refractivity contribution in [3.63, 3.8) is 0 Å². The van der Waals surface area contributed by atoms with Crippen LogP contribution in [0.4, 0.5) is 0 Å². The molecule has 19 heavy (non-hydrogen) atoms. The van der Waals surface area contributed by atoms with E-state index in [-0.39, 0.29) is 11.5 Å². The molecular weight excluding hydrogens is 242 g/mol. The van der Waals surface area contributed by atoms with E-state index in [0.717, 1.165) is 12.0 Å². The van der Waals surface area contributed by atoms with Gasteiger partial charge in [0.2, 0.25) is 0 Å². The van der Waals surface area contributed by atoms with Crippen molar-refractivity contribution in [2.24, 2.45) is 0 Å². The molecule has 0 radical (unpaired) electrons. The van der Waals surface area contributed by atoms with Gasteiger partial charge in [-0.2, -0.15) is 0 Å². The predicted octanol–water partition coefficient (Wildman–Crippen LogP) is 2.51. The Morgan fingerprint density at radius 3 is 2.37 bits per heavy atom. The van der Waals surface area contributed by atoms with Crippen molar-refractivity contribution in [1.29, 1.82) is 0 Å². The van der Waals surface area contributed by atoms with Crippen LogP contribution in [0.3, 0.4) is 0 Å². The molecule has 0 spiro atoms. The first-order valence-electron chi connectivity index (χ1n) is 6.12. The molecule has 5 heteroatoms. The average Bonchev–Trinajstić information content (AvgIpc) is 2.89. The normalized spacial score (nSPS) is 9.53. The molecule has 0 atom stereocenters. The monoisotopic (exact) mass is 261 g/mol. The van der Waals surface area contributed by atoms with Gasteiger partial charge in [-0.05, 0) is 30.5 Å². The zero-order chi connectivity index (χ0) is 14.1. The molecule has 2 N–H and O–H groups in total. The minimum absolute atomic E-state index is 0.0728. The second kappa shape index (κ2) is 7.92. The maximum Gasteiger partial charge on any atom is 0.119 e. The molecule has 0 unspecified atom stereocenters. The summed E-state index contributed by atoms with van der Waals surface area (Å²) in [6.45, 7) is 6.21. The van der Waals surface area contributed by atoms with Gasteiger partial charge >= 0.3 is 0 Å². The molecular formula is C14H19N3O2. The van der Waals surface area contributed by atoms with Gasteiger partial charge in [0, 0.05) is 18.8 Å². The number of phenolic OH excluding ortho intramolecular Hbond substituents is 2. The fraction of sp³-hybridized carbons (Fsp3) is 0.286. The number of rotatable bonds is 4. The molecule has 1 aromatic carbocycles. The van der Waals surface area contributed by atoms with Gasteiger partial charge in [0.1, 0.15) is 11.5 Å². The van der Waals surface area contributed by atoms with Gasteiger partial charge in [0.05, 0.1) is 6.20 Å². The van der Waals surface area contributed by atoms with E-state index in [1.165, 1.54) is 6.07 Å². The molecule has 2 aromatic rings. The van der Waals surface area contributed by atoms with Gasteiger partial charge in [-0.15, -0.1) is 11.7 Å². The number of aryl methyl sites for hydroxylation is 2. The fourth-order valence-electron chi connectivity index (χ4n) is 1.40. The summed E-state index contributed by atoms with van der Waals surface area (Å²) in [4.78, 5) is 0. The molecule has 0 bridgehead atoms. The largest absolute Gasteiger partial charge is 0.508 e. The highest BCUT2D eigenvalue weighted by Gasteiger charge is 2.00. The predicted molar refractivity (Wildman–Crippen MR) is 74.0 cm³/mol. The number of nitrogens with zero attached hydrogens (tertiary/aromatic N) is 3.